The fourth-order valence-corrected chi connectivity index (χ4v) is 9.87. The van der Waals surface area contributed by atoms with E-state index in [1.54, 1.807) is 6.07 Å². The highest BCUT2D eigenvalue weighted by Crippen LogP contribution is 2.61. The smallest absolute Gasteiger partial charge is 0.219 e. The molecule has 7 nitrogen and oxygen atoms in total. The average molecular weight is 689 g/mol. The Morgan fingerprint density at radius 2 is 1.71 bits per heavy atom. The Kier molecular flexibility index (Phi) is 9.76. The van der Waals surface area contributed by atoms with Gasteiger partial charge in [0.05, 0.1) is 27.7 Å². The molecule has 4 N–H and O–H groups in total. The molecule has 0 spiro atoms. The first-order chi connectivity index (χ1) is 23.2. The van der Waals surface area contributed by atoms with Crippen LogP contribution >= 0.6 is 23.2 Å². The maximum Gasteiger partial charge on any atom is 0.219 e. The van der Waals surface area contributed by atoms with E-state index in [-0.39, 0.29) is 25.0 Å². The molecule has 48 heavy (non-hydrogen) atoms. The zero-order chi connectivity index (χ0) is 33.4. The minimum atomic E-state index is -0.367. The summed E-state index contributed by atoms with van der Waals surface area (Å²) in [5.41, 5.74) is 12.3. The molecule has 1 aromatic heterocycles. The van der Waals surface area contributed by atoms with Crippen molar-refractivity contribution in [2.24, 2.45) is 28.9 Å². The minimum Gasteiger partial charge on any atom is -0.395 e. The second-order valence-electron chi connectivity index (χ2n) is 14.8. The molecule has 4 aromatic rings. The zero-order valence-corrected chi connectivity index (χ0v) is 29.3. The van der Waals surface area contributed by atoms with Crippen molar-refractivity contribution >= 4 is 45.8 Å². The van der Waals surface area contributed by atoms with Gasteiger partial charge >= 0.3 is 0 Å². The predicted octanol–water partition coefficient (Wildman–Crippen LogP) is 8.14. The fraction of sp³-hybridized carbons (Fsp3) is 0.487. The maximum atomic E-state index is 12.2. The number of imidazole rings is 1. The number of amides is 1. The molecule has 1 unspecified atom stereocenters. The lowest BCUT2D eigenvalue weighted by atomic mass is 9.49. The van der Waals surface area contributed by atoms with E-state index in [0.29, 0.717) is 28.5 Å². The monoisotopic (exact) mass is 687 g/mol. The van der Waals surface area contributed by atoms with Crippen molar-refractivity contribution < 1.29 is 9.90 Å². The number of nitrogens with zero attached hydrogens (tertiary/aromatic N) is 3. The Bertz CT molecular complexity index is 1730. The summed E-state index contributed by atoms with van der Waals surface area (Å²) in [6.07, 6.45) is 9.40. The average Bonchev–Trinajstić information content (AvgIpc) is 3.40. The van der Waals surface area contributed by atoms with E-state index in [2.05, 4.69) is 64.2 Å². The molecule has 4 saturated carbocycles. The molecule has 0 aliphatic heterocycles. The quantitative estimate of drug-likeness (QED) is 0.124. The summed E-state index contributed by atoms with van der Waals surface area (Å²) < 4.78 is 2.49. The van der Waals surface area contributed by atoms with Gasteiger partial charge in [-0.05, 0) is 128 Å². The SMILES string of the molecule is CCCN(CCO)c1ccc(-c2nc3cc(C(CC(N)=O)NCc4ccc(Cl)c(Cl)c4)ccc3n2CC23CC4CC(CC(C4)C2)C3)cc1. The van der Waals surface area contributed by atoms with E-state index < -0.39 is 0 Å². The van der Waals surface area contributed by atoms with Crippen LogP contribution in [0.3, 0.4) is 0 Å². The number of anilines is 1. The zero-order valence-electron chi connectivity index (χ0n) is 27.8. The van der Waals surface area contributed by atoms with Gasteiger partial charge in [0.1, 0.15) is 5.82 Å². The van der Waals surface area contributed by atoms with E-state index in [1.165, 1.54) is 38.5 Å². The molecule has 1 atom stereocenters. The molecule has 4 fully saturated rings. The van der Waals surface area contributed by atoms with Crippen LogP contribution in [0.2, 0.25) is 10.0 Å². The van der Waals surface area contributed by atoms with Gasteiger partial charge in [0.15, 0.2) is 0 Å². The number of aromatic nitrogens is 2. The maximum absolute atomic E-state index is 12.2. The number of aliphatic hydroxyl groups is 1. The van der Waals surface area contributed by atoms with Crippen LogP contribution in [0.4, 0.5) is 5.69 Å². The van der Waals surface area contributed by atoms with E-state index in [0.717, 1.165) is 76.5 Å². The minimum absolute atomic E-state index is 0.129. The molecule has 4 aliphatic rings. The Balaban J connectivity index is 1.24. The summed E-state index contributed by atoms with van der Waals surface area (Å²) >= 11 is 12.4. The first-order valence-electron chi connectivity index (χ1n) is 17.6. The number of rotatable bonds is 14. The van der Waals surface area contributed by atoms with Gasteiger partial charge in [-0.2, -0.15) is 0 Å². The Morgan fingerprint density at radius 1 is 1.00 bits per heavy atom. The van der Waals surface area contributed by atoms with Gasteiger partial charge in [0.2, 0.25) is 5.91 Å². The topological polar surface area (TPSA) is 96.4 Å². The van der Waals surface area contributed by atoms with Crippen molar-refractivity contribution in [3.63, 3.8) is 0 Å². The Labute approximate surface area is 293 Å². The molecule has 254 valence electrons. The molecule has 8 rings (SSSR count). The second-order valence-corrected chi connectivity index (χ2v) is 15.6. The molecule has 9 heteroatoms. The van der Waals surface area contributed by atoms with Crippen LogP contribution < -0.4 is 16.0 Å². The van der Waals surface area contributed by atoms with Gasteiger partial charge < -0.3 is 25.6 Å². The van der Waals surface area contributed by atoms with Gasteiger partial charge in [-0.1, -0.05) is 42.3 Å². The lowest BCUT2D eigenvalue weighted by Gasteiger charge is -2.57. The summed E-state index contributed by atoms with van der Waals surface area (Å²) in [4.78, 5) is 19.8. The summed E-state index contributed by atoms with van der Waals surface area (Å²) in [6, 6.07) is 20.4. The number of fused-ring (bicyclic) bond motifs is 1. The number of carbonyl (C=O) groups excluding carboxylic acids is 1. The standard InChI is InChI=1S/C39H47Cl2N5O2/c1-2-11-45(12-13-47)31-7-4-29(5-8-31)38-44-35-18-30(34(19-37(42)48)43-23-25-3-9-32(40)33(41)17-25)6-10-36(35)46(38)24-39-20-26-14-27(21-39)16-28(15-26)22-39/h3-10,17-18,26-28,34,43,47H,2,11-16,19-24H2,1H3,(H2,42,48). The Morgan fingerprint density at radius 3 is 2.33 bits per heavy atom. The number of hydrogen-bond acceptors (Lipinski definition) is 5. The molecule has 1 amide bonds. The van der Waals surface area contributed by atoms with Gasteiger partial charge in [-0.25, -0.2) is 4.98 Å². The molecule has 1 heterocycles. The third kappa shape index (κ3) is 6.98. The highest BCUT2D eigenvalue weighted by molar-refractivity contribution is 6.42. The van der Waals surface area contributed by atoms with Gasteiger partial charge in [0.25, 0.3) is 0 Å². The van der Waals surface area contributed by atoms with E-state index in [1.807, 2.05) is 12.1 Å². The molecule has 0 radical (unpaired) electrons. The Hall–Kier alpha value is -3.10. The highest BCUT2D eigenvalue weighted by Gasteiger charge is 2.51. The van der Waals surface area contributed by atoms with Crippen LogP contribution in [-0.2, 0) is 17.9 Å². The number of nitrogens with one attached hydrogen (secondary N) is 1. The molecule has 4 bridgehead atoms. The molecule has 3 aromatic carbocycles. The van der Waals surface area contributed by atoms with E-state index >= 15 is 0 Å². The van der Waals surface area contributed by atoms with Gasteiger partial charge in [-0.3, -0.25) is 4.79 Å². The van der Waals surface area contributed by atoms with Crippen LogP contribution in [0.25, 0.3) is 22.4 Å². The van der Waals surface area contributed by atoms with Crippen molar-refractivity contribution in [2.45, 2.75) is 77.4 Å². The van der Waals surface area contributed by atoms with E-state index in [4.69, 9.17) is 33.9 Å². The van der Waals surface area contributed by atoms with Crippen LogP contribution in [-0.4, -0.2) is 40.3 Å². The highest BCUT2D eigenvalue weighted by atomic mass is 35.5. The van der Waals surface area contributed by atoms with Gasteiger partial charge in [0, 0.05) is 49.9 Å². The van der Waals surface area contributed by atoms with Crippen molar-refractivity contribution in [2.75, 3.05) is 24.6 Å². The largest absolute Gasteiger partial charge is 0.395 e. The summed E-state index contributed by atoms with van der Waals surface area (Å²) in [6.45, 7) is 5.30. The van der Waals surface area contributed by atoms with Gasteiger partial charge in [-0.15, -0.1) is 0 Å². The normalized spacial score (nSPS) is 23.5. The third-order valence-corrected chi connectivity index (χ3v) is 11.9. The van der Waals surface area contributed by atoms with Crippen molar-refractivity contribution in [3.05, 3.63) is 81.8 Å². The number of halogens is 2. The summed E-state index contributed by atoms with van der Waals surface area (Å²) in [7, 11) is 0. The summed E-state index contributed by atoms with van der Waals surface area (Å²) in [5.74, 6) is 3.23. The molecule has 0 saturated heterocycles. The van der Waals surface area contributed by atoms with Crippen LogP contribution in [0.5, 0.6) is 0 Å². The molecular formula is C39H47Cl2N5O2. The summed E-state index contributed by atoms with van der Waals surface area (Å²) in [5, 5.41) is 14.2. The number of benzene rings is 3. The van der Waals surface area contributed by atoms with Crippen molar-refractivity contribution in [3.8, 4) is 11.4 Å². The number of hydrogen-bond donors (Lipinski definition) is 3. The molecular weight excluding hydrogens is 641 g/mol. The van der Waals surface area contributed by atoms with Crippen molar-refractivity contribution in [1.82, 2.24) is 14.9 Å². The number of nitrogens with two attached hydrogens (primary N) is 1. The molecule has 4 aliphatic carbocycles. The number of aliphatic hydroxyl groups excluding tert-OH is 1. The second kappa shape index (κ2) is 14.0. The van der Waals surface area contributed by atoms with Crippen molar-refractivity contribution in [1.29, 1.82) is 0 Å². The number of carbonyl (C=O) groups is 1. The lowest BCUT2D eigenvalue weighted by Crippen LogP contribution is -2.47. The van der Waals surface area contributed by atoms with Crippen LogP contribution in [0, 0.1) is 23.2 Å². The van der Waals surface area contributed by atoms with E-state index in [9.17, 15) is 9.90 Å². The number of primary amides is 1. The van der Waals surface area contributed by atoms with Crippen LogP contribution in [0.15, 0.2) is 60.7 Å². The fourth-order valence-electron chi connectivity index (χ4n) is 9.54. The first-order valence-corrected chi connectivity index (χ1v) is 18.4. The third-order valence-electron chi connectivity index (χ3n) is 11.1. The first kappa shape index (κ1) is 33.4. The van der Waals surface area contributed by atoms with Crippen LogP contribution in [0.1, 0.15) is 75.5 Å². The predicted molar refractivity (Wildman–Crippen MR) is 195 cm³/mol. The lowest BCUT2D eigenvalue weighted by molar-refractivity contribution is -0.118.